The molecule has 0 unspecified atom stereocenters. The van der Waals surface area contributed by atoms with Crippen LogP contribution in [0.3, 0.4) is 0 Å². The van der Waals surface area contributed by atoms with Gasteiger partial charge in [-0.1, -0.05) is 54.4 Å². The summed E-state index contributed by atoms with van der Waals surface area (Å²) in [6.07, 6.45) is 0.876. The molecule has 0 aliphatic rings. The third-order valence-electron chi connectivity index (χ3n) is 3.51. The van der Waals surface area contributed by atoms with E-state index in [1.54, 1.807) is 0 Å². The van der Waals surface area contributed by atoms with Crippen molar-refractivity contribution >= 4 is 5.91 Å². The Kier molecular flexibility index (Phi) is 4.57. The second kappa shape index (κ2) is 6.38. The molecule has 0 saturated carbocycles. The topological polar surface area (TPSA) is 29.1 Å². The van der Waals surface area contributed by atoms with E-state index in [2.05, 4.69) is 43.4 Å². The molecule has 1 amide bonds. The van der Waals surface area contributed by atoms with Crippen molar-refractivity contribution in [1.29, 1.82) is 0 Å². The van der Waals surface area contributed by atoms with Crippen LogP contribution in [0.1, 0.15) is 46.4 Å². The summed E-state index contributed by atoms with van der Waals surface area (Å²) < 4.78 is 0. The van der Waals surface area contributed by atoms with Gasteiger partial charge >= 0.3 is 0 Å². The maximum absolute atomic E-state index is 12.3. The predicted molar refractivity (Wildman–Crippen MR) is 82.9 cm³/mol. The summed E-state index contributed by atoms with van der Waals surface area (Å²) in [5.41, 5.74) is 4.25. The highest BCUT2D eigenvalue weighted by Gasteiger charge is 2.13. The van der Waals surface area contributed by atoms with Crippen molar-refractivity contribution in [2.24, 2.45) is 0 Å². The normalized spacial score (nSPS) is 11.9. The first-order valence-corrected chi connectivity index (χ1v) is 7.04. The van der Waals surface area contributed by atoms with Gasteiger partial charge in [-0.15, -0.1) is 0 Å². The van der Waals surface area contributed by atoms with Crippen molar-refractivity contribution in [2.45, 2.75) is 33.2 Å². The van der Waals surface area contributed by atoms with Crippen LogP contribution in [-0.2, 0) is 0 Å². The molecule has 0 heterocycles. The molecular weight excluding hydrogens is 246 g/mol. The van der Waals surface area contributed by atoms with Gasteiger partial charge in [0.25, 0.3) is 5.91 Å². The summed E-state index contributed by atoms with van der Waals surface area (Å²) in [6, 6.07) is 16.0. The Bertz CT molecular complexity index is 569. The van der Waals surface area contributed by atoms with Crippen molar-refractivity contribution in [3.8, 4) is 0 Å². The highest BCUT2D eigenvalue weighted by atomic mass is 16.1. The number of nitrogens with one attached hydrogen (secondary N) is 1. The van der Waals surface area contributed by atoms with E-state index in [0.717, 1.165) is 17.5 Å². The predicted octanol–water partition coefficient (Wildman–Crippen LogP) is 4.18. The molecule has 1 N–H and O–H groups in total. The SMILES string of the molecule is CC[C@@H](NC(=O)c1ccc(C)cc1)c1ccc(C)cc1. The molecule has 2 nitrogen and oxygen atoms in total. The Morgan fingerprint density at radius 2 is 1.45 bits per heavy atom. The Labute approximate surface area is 120 Å². The van der Waals surface area contributed by atoms with E-state index in [-0.39, 0.29) is 11.9 Å². The molecule has 0 radical (unpaired) electrons. The molecule has 0 bridgehead atoms. The van der Waals surface area contributed by atoms with Gasteiger partial charge in [-0.25, -0.2) is 0 Å². The third kappa shape index (κ3) is 3.47. The van der Waals surface area contributed by atoms with Crippen LogP contribution in [0, 0.1) is 13.8 Å². The molecule has 0 aromatic heterocycles. The highest BCUT2D eigenvalue weighted by Crippen LogP contribution is 2.18. The monoisotopic (exact) mass is 267 g/mol. The zero-order chi connectivity index (χ0) is 14.5. The molecule has 2 aromatic rings. The summed E-state index contributed by atoms with van der Waals surface area (Å²) >= 11 is 0. The minimum atomic E-state index is -0.0163. The lowest BCUT2D eigenvalue weighted by Crippen LogP contribution is -2.28. The molecule has 2 aromatic carbocycles. The maximum atomic E-state index is 12.3. The van der Waals surface area contributed by atoms with Crippen LogP contribution in [0.15, 0.2) is 48.5 Å². The first kappa shape index (κ1) is 14.3. The Morgan fingerprint density at radius 3 is 1.95 bits per heavy atom. The first-order valence-electron chi connectivity index (χ1n) is 7.04. The van der Waals surface area contributed by atoms with Gasteiger partial charge < -0.3 is 5.32 Å². The number of carbonyl (C=O) groups is 1. The summed E-state index contributed by atoms with van der Waals surface area (Å²) in [6.45, 7) is 6.17. The van der Waals surface area contributed by atoms with E-state index in [0.29, 0.717) is 5.56 Å². The van der Waals surface area contributed by atoms with E-state index < -0.39 is 0 Å². The number of amides is 1. The van der Waals surface area contributed by atoms with Crippen LogP contribution in [0.4, 0.5) is 0 Å². The summed E-state index contributed by atoms with van der Waals surface area (Å²) in [4.78, 5) is 12.3. The minimum absolute atomic E-state index is 0.0163. The van der Waals surface area contributed by atoms with Crippen LogP contribution in [0.25, 0.3) is 0 Å². The van der Waals surface area contributed by atoms with Gasteiger partial charge in [-0.2, -0.15) is 0 Å². The second-order valence-electron chi connectivity index (χ2n) is 5.21. The smallest absolute Gasteiger partial charge is 0.251 e. The van der Waals surface area contributed by atoms with E-state index >= 15 is 0 Å². The van der Waals surface area contributed by atoms with Crippen LogP contribution in [-0.4, -0.2) is 5.91 Å². The summed E-state index contributed by atoms with van der Waals surface area (Å²) in [5, 5.41) is 3.10. The lowest BCUT2D eigenvalue weighted by Gasteiger charge is -2.18. The average molecular weight is 267 g/mol. The number of aryl methyl sites for hydroxylation is 2. The van der Waals surface area contributed by atoms with Gasteiger partial charge in [-0.3, -0.25) is 4.79 Å². The van der Waals surface area contributed by atoms with Crippen LogP contribution >= 0.6 is 0 Å². The molecule has 2 heteroatoms. The van der Waals surface area contributed by atoms with Crippen LogP contribution in [0.5, 0.6) is 0 Å². The summed E-state index contributed by atoms with van der Waals surface area (Å²) in [7, 11) is 0. The third-order valence-corrected chi connectivity index (χ3v) is 3.51. The molecule has 20 heavy (non-hydrogen) atoms. The molecule has 0 aliphatic carbocycles. The largest absolute Gasteiger partial charge is 0.345 e. The zero-order valence-corrected chi connectivity index (χ0v) is 12.3. The van der Waals surface area contributed by atoms with Crippen molar-refractivity contribution < 1.29 is 4.79 Å². The van der Waals surface area contributed by atoms with Gasteiger partial charge in [0.1, 0.15) is 0 Å². The molecule has 0 fully saturated rings. The number of carbonyl (C=O) groups excluding carboxylic acids is 1. The first-order chi connectivity index (χ1) is 9.60. The Morgan fingerprint density at radius 1 is 0.950 bits per heavy atom. The number of benzene rings is 2. The molecule has 2 rings (SSSR count). The molecule has 1 atom stereocenters. The van der Waals surface area contributed by atoms with Gasteiger partial charge in [-0.05, 0) is 38.0 Å². The van der Waals surface area contributed by atoms with E-state index in [1.165, 1.54) is 5.56 Å². The van der Waals surface area contributed by atoms with Crippen LogP contribution < -0.4 is 5.32 Å². The van der Waals surface area contributed by atoms with Gasteiger partial charge in [0, 0.05) is 5.56 Å². The molecule has 104 valence electrons. The van der Waals surface area contributed by atoms with Crippen molar-refractivity contribution in [1.82, 2.24) is 5.32 Å². The van der Waals surface area contributed by atoms with Crippen LogP contribution in [0.2, 0.25) is 0 Å². The standard InChI is InChI=1S/C18H21NO/c1-4-17(15-9-5-13(2)6-10-15)19-18(20)16-11-7-14(3)8-12-16/h5-12,17H,4H2,1-3H3,(H,19,20)/t17-/m1/s1. The summed E-state index contributed by atoms with van der Waals surface area (Å²) in [5.74, 6) is -0.0163. The lowest BCUT2D eigenvalue weighted by molar-refractivity contribution is 0.0935. The molecule has 0 spiro atoms. The minimum Gasteiger partial charge on any atom is -0.345 e. The molecule has 0 aliphatic heterocycles. The van der Waals surface area contributed by atoms with Crippen molar-refractivity contribution in [3.05, 3.63) is 70.8 Å². The van der Waals surface area contributed by atoms with E-state index in [9.17, 15) is 4.79 Å². The number of hydrogen-bond acceptors (Lipinski definition) is 1. The van der Waals surface area contributed by atoms with E-state index in [1.807, 2.05) is 31.2 Å². The fourth-order valence-electron chi connectivity index (χ4n) is 2.17. The fraction of sp³-hybridized carbons (Fsp3) is 0.278. The average Bonchev–Trinajstić information content (AvgIpc) is 2.46. The Hall–Kier alpha value is -2.09. The maximum Gasteiger partial charge on any atom is 0.251 e. The van der Waals surface area contributed by atoms with Gasteiger partial charge in [0.2, 0.25) is 0 Å². The molecule has 0 saturated heterocycles. The highest BCUT2D eigenvalue weighted by molar-refractivity contribution is 5.94. The van der Waals surface area contributed by atoms with Gasteiger partial charge in [0.15, 0.2) is 0 Å². The number of rotatable bonds is 4. The fourth-order valence-corrected chi connectivity index (χ4v) is 2.17. The second-order valence-corrected chi connectivity index (χ2v) is 5.21. The number of hydrogen-bond donors (Lipinski definition) is 1. The zero-order valence-electron chi connectivity index (χ0n) is 12.3. The van der Waals surface area contributed by atoms with Crippen molar-refractivity contribution in [3.63, 3.8) is 0 Å². The Balaban J connectivity index is 2.11. The molecular formula is C18H21NO. The lowest BCUT2D eigenvalue weighted by atomic mass is 10.0. The quantitative estimate of drug-likeness (QED) is 0.884. The van der Waals surface area contributed by atoms with Crippen molar-refractivity contribution in [2.75, 3.05) is 0 Å². The van der Waals surface area contributed by atoms with Gasteiger partial charge in [0.05, 0.1) is 6.04 Å². The van der Waals surface area contributed by atoms with E-state index in [4.69, 9.17) is 0 Å².